The fraction of sp³-hybridized carbons (Fsp3) is 0.733. The van der Waals surface area contributed by atoms with E-state index in [9.17, 15) is 19.2 Å². The van der Waals surface area contributed by atoms with Gasteiger partial charge in [0, 0.05) is 13.5 Å². The molecule has 0 aliphatic heterocycles. The van der Waals surface area contributed by atoms with Crippen LogP contribution in [0.15, 0.2) is 0 Å². The summed E-state index contributed by atoms with van der Waals surface area (Å²) in [6.45, 7) is 7.98. The molecule has 0 saturated carbocycles. The summed E-state index contributed by atoms with van der Waals surface area (Å²) in [5.41, 5.74) is 4.32. The number of carbonyl (C=O) groups is 4. The Morgan fingerprint density at radius 3 is 2.17 bits per heavy atom. The molecule has 2 amide bonds. The Bertz CT molecular complexity index is 494. The summed E-state index contributed by atoms with van der Waals surface area (Å²) in [4.78, 5) is 47.1. The van der Waals surface area contributed by atoms with E-state index in [1.54, 1.807) is 0 Å². The van der Waals surface area contributed by atoms with E-state index in [0.717, 1.165) is 11.8 Å². The second-order valence-corrected chi connectivity index (χ2v) is 7.55. The first-order chi connectivity index (χ1) is 10.9. The predicted molar refractivity (Wildman–Crippen MR) is 92.1 cm³/mol. The van der Waals surface area contributed by atoms with Crippen LogP contribution in [-0.2, 0) is 23.9 Å². The fourth-order valence-corrected chi connectivity index (χ4v) is 2.56. The number of rotatable bonds is 8. The molecular formula is C15H27N3O5S. The molecule has 0 bridgehead atoms. The number of carbonyl (C=O) groups excluding carboxylic acids is 4. The molecule has 9 heteroatoms. The lowest BCUT2D eigenvalue weighted by Crippen LogP contribution is -2.58. The van der Waals surface area contributed by atoms with Gasteiger partial charge in [0.25, 0.3) is 0 Å². The van der Waals surface area contributed by atoms with Crippen LogP contribution in [0, 0.1) is 5.92 Å². The minimum Gasteiger partial charge on any atom is -0.468 e. The Kier molecular flexibility index (Phi) is 8.98. The molecule has 0 fully saturated rings. The van der Waals surface area contributed by atoms with Gasteiger partial charge in [0.15, 0.2) is 5.12 Å². The molecule has 0 heterocycles. The van der Waals surface area contributed by atoms with Crippen LogP contribution in [0.1, 0.15) is 34.6 Å². The molecule has 8 nitrogen and oxygen atoms in total. The molecule has 4 N–H and O–H groups in total. The Balaban J connectivity index is 4.80. The van der Waals surface area contributed by atoms with Crippen LogP contribution in [0.4, 0.5) is 0 Å². The van der Waals surface area contributed by atoms with Gasteiger partial charge in [0.1, 0.15) is 11.6 Å². The third-order valence-electron chi connectivity index (χ3n) is 3.15. The maximum Gasteiger partial charge on any atom is 0.324 e. The van der Waals surface area contributed by atoms with Crippen LogP contribution in [0.2, 0.25) is 0 Å². The molecule has 0 aliphatic rings. The van der Waals surface area contributed by atoms with Crippen molar-refractivity contribution in [3.8, 4) is 0 Å². The summed E-state index contributed by atoms with van der Waals surface area (Å²) < 4.78 is 4.47. The van der Waals surface area contributed by atoms with Crippen molar-refractivity contribution in [3.63, 3.8) is 0 Å². The highest BCUT2D eigenvalue weighted by Crippen LogP contribution is 2.21. The topological polar surface area (TPSA) is 128 Å². The van der Waals surface area contributed by atoms with Crippen molar-refractivity contribution < 1.29 is 23.9 Å². The average Bonchev–Trinajstić information content (AvgIpc) is 2.47. The monoisotopic (exact) mass is 361 g/mol. The second-order valence-electron chi connectivity index (χ2n) is 6.23. The minimum absolute atomic E-state index is 0.0782. The van der Waals surface area contributed by atoms with Crippen molar-refractivity contribution in [2.24, 2.45) is 11.7 Å². The van der Waals surface area contributed by atoms with E-state index in [1.807, 2.05) is 13.8 Å². The number of amides is 2. The molecule has 0 spiro atoms. The zero-order valence-corrected chi connectivity index (χ0v) is 15.8. The first-order valence-electron chi connectivity index (χ1n) is 7.53. The molecule has 0 radical (unpaired) electrons. The number of thioether (sulfide) groups is 1. The van der Waals surface area contributed by atoms with Crippen LogP contribution < -0.4 is 16.4 Å². The zero-order chi connectivity index (χ0) is 19.1. The van der Waals surface area contributed by atoms with Crippen molar-refractivity contribution in [1.82, 2.24) is 10.6 Å². The summed E-state index contributed by atoms with van der Waals surface area (Å²) >= 11 is 0.929. The standard InChI is InChI=1S/C15H27N3O5S/c1-8(2)11(24-9(3)19)12(20)18-15(4,5)14(22)17-7-10(16)13(21)23-6/h8,10-11H,7,16H2,1-6H3,(H,17,22)(H,18,20)/t10-,11-/m0/s1. The van der Waals surface area contributed by atoms with Crippen LogP contribution >= 0.6 is 11.8 Å². The highest BCUT2D eigenvalue weighted by atomic mass is 32.2. The molecule has 24 heavy (non-hydrogen) atoms. The number of methoxy groups -OCH3 is 1. The summed E-state index contributed by atoms with van der Waals surface area (Å²) in [6, 6.07) is -0.984. The van der Waals surface area contributed by atoms with Crippen molar-refractivity contribution in [2.75, 3.05) is 13.7 Å². The Labute approximate surface area is 146 Å². The molecule has 0 unspecified atom stereocenters. The van der Waals surface area contributed by atoms with Gasteiger partial charge >= 0.3 is 5.97 Å². The van der Waals surface area contributed by atoms with Crippen molar-refractivity contribution in [1.29, 1.82) is 0 Å². The molecule has 2 atom stereocenters. The van der Waals surface area contributed by atoms with Gasteiger partial charge in [-0.3, -0.25) is 19.2 Å². The van der Waals surface area contributed by atoms with Gasteiger partial charge in [-0.1, -0.05) is 25.6 Å². The Hall–Kier alpha value is -1.61. The van der Waals surface area contributed by atoms with E-state index < -0.39 is 34.6 Å². The highest BCUT2D eigenvalue weighted by Gasteiger charge is 2.34. The zero-order valence-electron chi connectivity index (χ0n) is 15.0. The lowest BCUT2D eigenvalue weighted by atomic mass is 10.0. The number of nitrogens with two attached hydrogens (primary N) is 1. The fourth-order valence-electron chi connectivity index (χ4n) is 1.77. The molecule has 0 aromatic heterocycles. The van der Waals surface area contributed by atoms with E-state index in [4.69, 9.17) is 5.73 Å². The summed E-state index contributed by atoms with van der Waals surface area (Å²) in [7, 11) is 1.20. The number of esters is 1. The van der Waals surface area contributed by atoms with Crippen molar-refractivity contribution in [3.05, 3.63) is 0 Å². The lowest BCUT2D eigenvalue weighted by Gasteiger charge is -2.28. The lowest BCUT2D eigenvalue weighted by molar-refractivity contribution is -0.142. The molecule has 0 aromatic rings. The summed E-state index contributed by atoms with van der Waals surface area (Å²) in [5, 5.41) is 4.37. The van der Waals surface area contributed by atoms with Gasteiger partial charge in [-0.25, -0.2) is 0 Å². The van der Waals surface area contributed by atoms with Crippen molar-refractivity contribution in [2.45, 2.75) is 51.4 Å². The highest BCUT2D eigenvalue weighted by molar-refractivity contribution is 8.14. The van der Waals surface area contributed by atoms with Gasteiger partial charge < -0.3 is 21.1 Å². The van der Waals surface area contributed by atoms with Crippen LogP contribution in [-0.4, -0.2) is 53.4 Å². The molecule has 0 aromatic carbocycles. The summed E-state index contributed by atoms with van der Waals surface area (Å²) in [5.74, 6) is -1.62. The van der Waals surface area contributed by atoms with Crippen LogP contribution in [0.5, 0.6) is 0 Å². The van der Waals surface area contributed by atoms with Gasteiger partial charge in [-0.15, -0.1) is 0 Å². The normalized spacial score (nSPS) is 13.8. The minimum atomic E-state index is -1.22. The van der Waals surface area contributed by atoms with E-state index in [-0.39, 0.29) is 17.6 Å². The average molecular weight is 361 g/mol. The number of hydrogen-bond acceptors (Lipinski definition) is 7. The van der Waals surface area contributed by atoms with Gasteiger partial charge in [0.05, 0.1) is 12.4 Å². The quantitative estimate of drug-likeness (QED) is 0.511. The smallest absolute Gasteiger partial charge is 0.324 e. The molecule has 138 valence electrons. The number of hydrogen-bond donors (Lipinski definition) is 3. The second kappa shape index (κ2) is 9.63. The predicted octanol–water partition coefficient (Wildman–Crippen LogP) is -0.198. The molecular weight excluding hydrogens is 334 g/mol. The van der Waals surface area contributed by atoms with Gasteiger partial charge in [0.2, 0.25) is 11.8 Å². The van der Waals surface area contributed by atoms with Crippen molar-refractivity contribution >= 4 is 34.7 Å². The summed E-state index contributed by atoms with van der Waals surface area (Å²) in [6.07, 6.45) is 0. The molecule has 0 aliphatic carbocycles. The van der Waals surface area contributed by atoms with E-state index in [1.165, 1.54) is 27.9 Å². The third kappa shape index (κ3) is 7.31. The van der Waals surface area contributed by atoms with E-state index in [0.29, 0.717) is 0 Å². The van der Waals surface area contributed by atoms with Gasteiger partial charge in [-0.05, 0) is 19.8 Å². The molecule has 0 saturated heterocycles. The largest absolute Gasteiger partial charge is 0.468 e. The van der Waals surface area contributed by atoms with E-state index >= 15 is 0 Å². The maximum absolute atomic E-state index is 12.4. The first kappa shape index (κ1) is 22.4. The van der Waals surface area contributed by atoms with Crippen LogP contribution in [0.3, 0.4) is 0 Å². The van der Waals surface area contributed by atoms with Gasteiger partial charge in [-0.2, -0.15) is 0 Å². The Morgan fingerprint density at radius 2 is 1.75 bits per heavy atom. The van der Waals surface area contributed by atoms with Crippen LogP contribution in [0.25, 0.3) is 0 Å². The van der Waals surface area contributed by atoms with E-state index in [2.05, 4.69) is 15.4 Å². The number of ether oxygens (including phenoxy) is 1. The Morgan fingerprint density at radius 1 is 1.21 bits per heavy atom. The SMILES string of the molecule is COC(=O)[C@@H](N)CNC(=O)C(C)(C)NC(=O)[C@@H](SC(C)=O)C(C)C. The first-order valence-corrected chi connectivity index (χ1v) is 8.41. The third-order valence-corrected chi connectivity index (χ3v) is 4.49. The number of nitrogens with one attached hydrogen (secondary N) is 2. The maximum atomic E-state index is 12.4. The molecule has 0 rings (SSSR count).